The highest BCUT2D eigenvalue weighted by atomic mass is 32.2. The number of thioether (sulfide) groups is 1. The van der Waals surface area contributed by atoms with E-state index in [0.29, 0.717) is 0 Å². The number of nitrogens with zero attached hydrogens (tertiary/aromatic N) is 1. The van der Waals surface area contributed by atoms with Crippen molar-refractivity contribution in [3.8, 4) is 0 Å². The molecule has 1 atom stereocenters. The molecular formula is C26H25NOS. The normalized spacial score (nSPS) is 24.1. The molecule has 1 unspecified atom stereocenters. The molecule has 2 aliphatic heterocycles. The maximum absolute atomic E-state index is 13.6. The van der Waals surface area contributed by atoms with Crippen LogP contribution in [-0.2, 0) is 10.8 Å². The lowest BCUT2D eigenvalue weighted by molar-refractivity contribution is 0.0312. The lowest BCUT2D eigenvalue weighted by Gasteiger charge is -2.70. The molecule has 2 aliphatic rings. The predicted molar refractivity (Wildman–Crippen MR) is 120 cm³/mol. The summed E-state index contributed by atoms with van der Waals surface area (Å²) in [6, 6.07) is 29.6. The smallest absolute Gasteiger partial charge is 0.255 e. The number of carbonyl (C=O) groups excluding carboxylic acids is 1. The predicted octanol–water partition coefficient (Wildman–Crippen LogP) is 5.48. The summed E-state index contributed by atoms with van der Waals surface area (Å²) in [5.74, 6) is 1.06. The number of fused-ring (bicyclic) bond motifs is 1. The molecule has 0 radical (unpaired) electrons. The summed E-state index contributed by atoms with van der Waals surface area (Å²) in [6.07, 6.45) is 0. The van der Waals surface area contributed by atoms with E-state index in [0.717, 1.165) is 16.9 Å². The van der Waals surface area contributed by atoms with Gasteiger partial charge in [0.25, 0.3) is 5.91 Å². The monoisotopic (exact) mass is 399 g/mol. The summed E-state index contributed by atoms with van der Waals surface area (Å²) < 4.78 is 0. The first-order valence-electron chi connectivity index (χ1n) is 10.1. The number of hydrogen-bond donors (Lipinski definition) is 0. The average Bonchev–Trinajstić information content (AvgIpc) is 2.74. The lowest BCUT2D eigenvalue weighted by Crippen LogP contribution is -2.77. The van der Waals surface area contributed by atoms with E-state index in [4.69, 9.17) is 0 Å². The van der Waals surface area contributed by atoms with Crippen LogP contribution in [0.2, 0.25) is 0 Å². The molecule has 146 valence electrons. The number of rotatable bonds is 2. The van der Waals surface area contributed by atoms with Crippen molar-refractivity contribution in [2.24, 2.45) is 0 Å². The van der Waals surface area contributed by atoms with Gasteiger partial charge in [0.15, 0.2) is 0 Å². The van der Waals surface area contributed by atoms with Crippen molar-refractivity contribution in [1.82, 2.24) is 4.90 Å². The van der Waals surface area contributed by atoms with Crippen LogP contribution in [0.4, 0.5) is 0 Å². The zero-order valence-electron chi connectivity index (χ0n) is 17.1. The molecule has 29 heavy (non-hydrogen) atoms. The van der Waals surface area contributed by atoms with Crippen LogP contribution in [0.15, 0.2) is 84.9 Å². The van der Waals surface area contributed by atoms with Gasteiger partial charge in [-0.25, -0.2) is 0 Å². The number of carbonyl (C=O) groups is 1. The first kappa shape index (κ1) is 18.5. The van der Waals surface area contributed by atoms with Crippen molar-refractivity contribution in [2.45, 2.75) is 29.5 Å². The van der Waals surface area contributed by atoms with Crippen molar-refractivity contribution in [2.75, 3.05) is 12.8 Å². The average molecular weight is 400 g/mol. The van der Waals surface area contributed by atoms with Crippen molar-refractivity contribution < 1.29 is 4.79 Å². The number of hydrogen-bond acceptors (Lipinski definition) is 2. The zero-order valence-corrected chi connectivity index (χ0v) is 17.9. The second-order valence-electron chi connectivity index (χ2n) is 8.60. The second kappa shape index (κ2) is 6.24. The van der Waals surface area contributed by atoms with E-state index in [9.17, 15) is 4.79 Å². The first-order valence-corrected chi connectivity index (χ1v) is 11.1. The van der Waals surface area contributed by atoms with E-state index < -0.39 is 4.87 Å². The van der Waals surface area contributed by atoms with E-state index in [1.54, 1.807) is 0 Å². The van der Waals surface area contributed by atoms with Gasteiger partial charge in [0, 0.05) is 23.8 Å². The van der Waals surface area contributed by atoms with Gasteiger partial charge in [0.2, 0.25) is 0 Å². The quantitative estimate of drug-likeness (QED) is 0.569. The lowest BCUT2D eigenvalue weighted by atomic mass is 9.56. The molecule has 3 heteroatoms. The summed E-state index contributed by atoms with van der Waals surface area (Å²) in [5, 5.41) is 0. The van der Waals surface area contributed by atoms with Crippen LogP contribution in [0.3, 0.4) is 0 Å². The summed E-state index contributed by atoms with van der Waals surface area (Å²) in [4.78, 5) is 15.2. The van der Waals surface area contributed by atoms with E-state index in [1.807, 2.05) is 35.8 Å². The van der Waals surface area contributed by atoms with Gasteiger partial charge in [0.1, 0.15) is 4.87 Å². The molecule has 5 rings (SSSR count). The third-order valence-electron chi connectivity index (χ3n) is 7.06. The van der Waals surface area contributed by atoms with Gasteiger partial charge in [-0.1, -0.05) is 92.7 Å². The number of likely N-dealkylation sites (N-methyl/N-ethyl adjacent to an activating group) is 1. The SMILES string of the molecule is CN1C(=O)c2ccccc2C(C)(C)C12SCC2(c1ccccc1)c1ccccc1. The van der Waals surface area contributed by atoms with Crippen molar-refractivity contribution in [3.05, 3.63) is 107 Å². The molecular weight excluding hydrogens is 374 g/mol. The molecule has 1 fully saturated rings. The fourth-order valence-corrected chi connectivity index (χ4v) is 7.78. The summed E-state index contributed by atoms with van der Waals surface area (Å²) >= 11 is 1.91. The van der Waals surface area contributed by atoms with Crippen LogP contribution in [0.1, 0.15) is 40.9 Å². The number of benzene rings is 3. The van der Waals surface area contributed by atoms with Gasteiger partial charge in [-0.15, -0.1) is 11.8 Å². The van der Waals surface area contributed by atoms with Crippen LogP contribution in [-0.4, -0.2) is 28.5 Å². The number of amides is 1. The Labute approximate surface area is 176 Å². The minimum Gasteiger partial charge on any atom is -0.325 e. The highest BCUT2D eigenvalue weighted by molar-refractivity contribution is 8.02. The molecule has 0 saturated carbocycles. The van der Waals surface area contributed by atoms with Crippen molar-refractivity contribution in [1.29, 1.82) is 0 Å². The Balaban J connectivity index is 1.85. The highest BCUT2D eigenvalue weighted by Gasteiger charge is 2.73. The Morgan fingerprint density at radius 2 is 1.31 bits per heavy atom. The van der Waals surface area contributed by atoms with E-state index in [2.05, 4.69) is 86.6 Å². The molecule has 1 spiro atoms. The second-order valence-corrected chi connectivity index (χ2v) is 9.77. The standard InChI is InChI=1S/C26H25NOS/c1-24(2)22-17-11-10-16-21(22)23(28)27(3)26(24)25(18-29-26,19-12-6-4-7-13-19)20-14-8-5-9-15-20/h4-17H,18H2,1-3H3. The molecule has 0 bridgehead atoms. The summed E-state index contributed by atoms with van der Waals surface area (Å²) in [6.45, 7) is 4.61. The van der Waals surface area contributed by atoms with Crippen LogP contribution in [0, 0.1) is 0 Å². The topological polar surface area (TPSA) is 20.3 Å². The zero-order chi connectivity index (χ0) is 20.3. The first-order chi connectivity index (χ1) is 14.0. The molecule has 2 heterocycles. The molecule has 3 aromatic carbocycles. The van der Waals surface area contributed by atoms with Crippen molar-refractivity contribution >= 4 is 17.7 Å². The van der Waals surface area contributed by atoms with Crippen LogP contribution in [0.5, 0.6) is 0 Å². The molecule has 2 nitrogen and oxygen atoms in total. The molecule has 3 aromatic rings. The Bertz CT molecular complexity index is 1040. The van der Waals surface area contributed by atoms with Gasteiger partial charge in [-0.3, -0.25) is 4.79 Å². The molecule has 1 amide bonds. The fourth-order valence-electron chi connectivity index (χ4n) is 5.76. The van der Waals surface area contributed by atoms with E-state index >= 15 is 0 Å². The Morgan fingerprint density at radius 1 is 0.793 bits per heavy atom. The minimum atomic E-state index is -0.409. The van der Waals surface area contributed by atoms with Crippen molar-refractivity contribution in [3.63, 3.8) is 0 Å². The molecule has 0 aliphatic carbocycles. The van der Waals surface area contributed by atoms with Gasteiger partial charge in [0.05, 0.1) is 5.41 Å². The maximum Gasteiger partial charge on any atom is 0.255 e. The van der Waals surface area contributed by atoms with Crippen LogP contribution >= 0.6 is 11.8 Å². The summed E-state index contributed by atoms with van der Waals surface area (Å²) in [5.41, 5.74) is 4.01. The summed E-state index contributed by atoms with van der Waals surface area (Å²) in [7, 11) is 1.99. The third kappa shape index (κ3) is 2.12. The maximum atomic E-state index is 13.6. The van der Waals surface area contributed by atoms with E-state index in [1.165, 1.54) is 11.1 Å². The van der Waals surface area contributed by atoms with Crippen LogP contribution in [0.25, 0.3) is 0 Å². The molecule has 1 saturated heterocycles. The van der Waals surface area contributed by atoms with Gasteiger partial charge >= 0.3 is 0 Å². The Kier molecular flexibility index (Phi) is 3.98. The van der Waals surface area contributed by atoms with Gasteiger partial charge in [-0.05, 0) is 22.8 Å². The van der Waals surface area contributed by atoms with Gasteiger partial charge in [-0.2, -0.15) is 0 Å². The minimum absolute atomic E-state index is 0.114. The Hall–Kier alpha value is -2.52. The van der Waals surface area contributed by atoms with Gasteiger partial charge < -0.3 is 4.90 Å². The largest absolute Gasteiger partial charge is 0.325 e. The van der Waals surface area contributed by atoms with Crippen LogP contribution < -0.4 is 0 Å². The molecule has 0 N–H and O–H groups in total. The molecule has 0 aromatic heterocycles. The Morgan fingerprint density at radius 3 is 1.83 bits per heavy atom. The van der Waals surface area contributed by atoms with E-state index in [-0.39, 0.29) is 16.7 Å². The fraction of sp³-hybridized carbons (Fsp3) is 0.269. The third-order valence-corrected chi connectivity index (χ3v) is 9.19. The highest BCUT2D eigenvalue weighted by Crippen LogP contribution is 2.69.